The van der Waals surface area contributed by atoms with Crippen LogP contribution >= 0.6 is 0 Å². The van der Waals surface area contributed by atoms with Crippen LogP contribution in [-0.4, -0.2) is 43.4 Å². The Morgan fingerprint density at radius 3 is 2.38 bits per heavy atom. The van der Waals surface area contributed by atoms with E-state index in [-0.39, 0.29) is 11.9 Å². The topological polar surface area (TPSA) is 83.8 Å². The summed E-state index contributed by atoms with van der Waals surface area (Å²) in [6.07, 6.45) is 4.43. The SMILES string of the molecule is C=CCc1ccccc1OCCCCn1c(C(C)NC(=O)c2cc(OC)c(OC)c(OC)c2)nc2ccccc21. The summed E-state index contributed by atoms with van der Waals surface area (Å²) in [5.41, 5.74) is 3.46. The lowest BCUT2D eigenvalue weighted by molar-refractivity contribution is 0.0936. The van der Waals surface area contributed by atoms with Gasteiger partial charge in [0, 0.05) is 12.1 Å². The van der Waals surface area contributed by atoms with Crippen molar-refractivity contribution in [2.75, 3.05) is 27.9 Å². The highest BCUT2D eigenvalue weighted by Crippen LogP contribution is 2.38. The number of benzene rings is 3. The first-order valence-corrected chi connectivity index (χ1v) is 13.4. The van der Waals surface area contributed by atoms with Crippen LogP contribution in [0.5, 0.6) is 23.0 Å². The van der Waals surface area contributed by atoms with E-state index in [1.165, 1.54) is 21.3 Å². The second-order valence-electron chi connectivity index (χ2n) is 9.38. The molecule has 8 nitrogen and oxygen atoms in total. The fraction of sp³-hybridized carbons (Fsp3) is 0.312. The first-order chi connectivity index (χ1) is 19.5. The number of rotatable bonds is 14. The predicted molar refractivity (Wildman–Crippen MR) is 157 cm³/mol. The van der Waals surface area contributed by atoms with E-state index in [2.05, 4.69) is 28.6 Å². The Labute approximate surface area is 235 Å². The summed E-state index contributed by atoms with van der Waals surface area (Å²) in [6.45, 7) is 7.13. The molecule has 1 unspecified atom stereocenters. The Morgan fingerprint density at radius 2 is 1.68 bits per heavy atom. The van der Waals surface area contributed by atoms with E-state index in [1.807, 2.05) is 49.4 Å². The first kappa shape index (κ1) is 28.5. The van der Waals surface area contributed by atoms with Gasteiger partial charge < -0.3 is 28.8 Å². The first-order valence-electron chi connectivity index (χ1n) is 13.4. The molecular formula is C32H37N3O5. The normalized spacial score (nSPS) is 11.6. The molecule has 0 saturated carbocycles. The van der Waals surface area contributed by atoms with E-state index >= 15 is 0 Å². The lowest BCUT2D eigenvalue weighted by atomic mass is 10.1. The van der Waals surface area contributed by atoms with Gasteiger partial charge in [0.05, 0.1) is 45.0 Å². The third kappa shape index (κ3) is 6.39. The van der Waals surface area contributed by atoms with Crippen molar-refractivity contribution in [3.8, 4) is 23.0 Å². The number of hydrogen-bond donors (Lipinski definition) is 1. The van der Waals surface area contributed by atoms with Crippen LogP contribution in [0, 0.1) is 0 Å². The molecule has 4 aromatic rings. The Morgan fingerprint density at radius 1 is 0.975 bits per heavy atom. The molecule has 0 aliphatic rings. The third-order valence-electron chi connectivity index (χ3n) is 6.72. The number of aromatic nitrogens is 2. The number of nitrogens with zero attached hydrogens (tertiary/aromatic N) is 2. The zero-order chi connectivity index (χ0) is 28.5. The van der Waals surface area contributed by atoms with Gasteiger partial charge in [-0.05, 0) is 62.1 Å². The molecule has 8 heteroatoms. The summed E-state index contributed by atoms with van der Waals surface area (Å²) in [5.74, 6) is 2.70. The molecule has 1 aromatic heterocycles. The maximum Gasteiger partial charge on any atom is 0.252 e. The van der Waals surface area contributed by atoms with Gasteiger partial charge in [0.2, 0.25) is 5.75 Å². The van der Waals surface area contributed by atoms with Crippen molar-refractivity contribution in [3.63, 3.8) is 0 Å². The van der Waals surface area contributed by atoms with Crippen LogP contribution in [-0.2, 0) is 13.0 Å². The van der Waals surface area contributed by atoms with Gasteiger partial charge in [0.15, 0.2) is 11.5 Å². The largest absolute Gasteiger partial charge is 0.493 e. The van der Waals surface area contributed by atoms with E-state index in [1.54, 1.807) is 12.1 Å². The molecule has 0 bridgehead atoms. The number of nitrogens with one attached hydrogen (secondary N) is 1. The van der Waals surface area contributed by atoms with Gasteiger partial charge in [0.1, 0.15) is 11.6 Å². The van der Waals surface area contributed by atoms with E-state index in [0.717, 1.165) is 54.0 Å². The Balaban J connectivity index is 1.46. The van der Waals surface area contributed by atoms with Gasteiger partial charge in [-0.3, -0.25) is 4.79 Å². The fourth-order valence-electron chi connectivity index (χ4n) is 4.74. The Bertz CT molecular complexity index is 1440. The number of imidazole rings is 1. The van der Waals surface area contributed by atoms with Gasteiger partial charge in [-0.25, -0.2) is 4.98 Å². The second kappa shape index (κ2) is 13.6. The molecular weight excluding hydrogens is 506 g/mol. The summed E-state index contributed by atoms with van der Waals surface area (Å²) < 4.78 is 24.5. The molecule has 0 spiro atoms. The predicted octanol–water partition coefficient (Wildman–Crippen LogP) is 6.14. The number of carbonyl (C=O) groups is 1. The van der Waals surface area contributed by atoms with E-state index in [4.69, 9.17) is 23.9 Å². The maximum atomic E-state index is 13.3. The average molecular weight is 544 g/mol. The minimum atomic E-state index is -0.346. The summed E-state index contributed by atoms with van der Waals surface area (Å²) in [7, 11) is 4.57. The summed E-state index contributed by atoms with van der Waals surface area (Å²) in [6, 6.07) is 19.0. The number of unbranched alkanes of at least 4 members (excludes halogenated alkanes) is 1. The van der Waals surface area contributed by atoms with Crippen molar-refractivity contribution in [1.82, 2.24) is 14.9 Å². The van der Waals surface area contributed by atoms with Crippen LogP contribution in [0.2, 0.25) is 0 Å². The third-order valence-corrected chi connectivity index (χ3v) is 6.72. The van der Waals surface area contributed by atoms with Crippen molar-refractivity contribution >= 4 is 16.9 Å². The van der Waals surface area contributed by atoms with Crippen molar-refractivity contribution in [1.29, 1.82) is 0 Å². The van der Waals surface area contributed by atoms with Gasteiger partial charge in [-0.2, -0.15) is 0 Å². The van der Waals surface area contributed by atoms with Gasteiger partial charge in [-0.15, -0.1) is 6.58 Å². The lowest BCUT2D eigenvalue weighted by Gasteiger charge is -2.18. The summed E-state index contributed by atoms with van der Waals surface area (Å²) >= 11 is 0. The number of carbonyl (C=O) groups excluding carboxylic acids is 1. The molecule has 1 N–H and O–H groups in total. The number of methoxy groups -OCH3 is 3. The summed E-state index contributed by atoms with van der Waals surface area (Å²) in [5, 5.41) is 3.09. The highest BCUT2D eigenvalue weighted by molar-refractivity contribution is 5.96. The molecule has 0 saturated heterocycles. The molecule has 0 aliphatic carbocycles. The number of para-hydroxylation sites is 3. The number of aryl methyl sites for hydroxylation is 1. The van der Waals surface area contributed by atoms with Crippen molar-refractivity contribution in [2.24, 2.45) is 0 Å². The average Bonchev–Trinajstić information content (AvgIpc) is 3.35. The van der Waals surface area contributed by atoms with Crippen molar-refractivity contribution in [2.45, 2.75) is 38.8 Å². The molecule has 0 aliphatic heterocycles. The minimum Gasteiger partial charge on any atom is -0.493 e. The van der Waals surface area contributed by atoms with Crippen LogP contribution in [0.15, 0.2) is 73.3 Å². The molecule has 0 fully saturated rings. The number of amides is 1. The lowest BCUT2D eigenvalue weighted by Crippen LogP contribution is -2.29. The van der Waals surface area contributed by atoms with Gasteiger partial charge >= 0.3 is 0 Å². The number of hydrogen-bond acceptors (Lipinski definition) is 6. The highest BCUT2D eigenvalue weighted by atomic mass is 16.5. The summed E-state index contributed by atoms with van der Waals surface area (Å²) in [4.78, 5) is 18.1. The zero-order valence-corrected chi connectivity index (χ0v) is 23.6. The minimum absolute atomic E-state index is 0.267. The Hall–Kier alpha value is -4.46. The molecule has 0 radical (unpaired) electrons. The molecule has 1 heterocycles. The molecule has 1 amide bonds. The van der Waals surface area contributed by atoms with Crippen LogP contribution in [0.3, 0.4) is 0 Å². The van der Waals surface area contributed by atoms with E-state index in [0.29, 0.717) is 29.4 Å². The van der Waals surface area contributed by atoms with E-state index in [9.17, 15) is 4.79 Å². The van der Waals surface area contributed by atoms with Crippen LogP contribution in [0.4, 0.5) is 0 Å². The number of ether oxygens (including phenoxy) is 4. The molecule has 210 valence electrons. The van der Waals surface area contributed by atoms with Gasteiger partial charge in [0.25, 0.3) is 5.91 Å². The number of allylic oxidation sites excluding steroid dienone is 1. The molecule has 1 atom stereocenters. The maximum absolute atomic E-state index is 13.3. The van der Waals surface area contributed by atoms with Crippen LogP contribution in [0.1, 0.15) is 47.6 Å². The molecule has 4 rings (SSSR count). The number of fused-ring (bicyclic) bond motifs is 1. The standard InChI is InChI=1S/C32H37N3O5/c1-6-13-23-14-7-10-17-27(23)40-19-12-11-18-35-26-16-9-8-15-25(26)34-31(35)22(2)33-32(36)24-20-28(37-3)30(39-5)29(21-24)38-4/h6-10,14-17,20-22H,1,11-13,18-19H2,2-5H3,(H,33,36). The highest BCUT2D eigenvalue weighted by Gasteiger charge is 2.22. The molecule has 3 aromatic carbocycles. The van der Waals surface area contributed by atoms with Crippen LogP contribution in [0.25, 0.3) is 11.0 Å². The quantitative estimate of drug-likeness (QED) is 0.152. The van der Waals surface area contributed by atoms with Crippen molar-refractivity contribution < 1.29 is 23.7 Å². The Kier molecular flexibility index (Phi) is 9.67. The fourth-order valence-corrected chi connectivity index (χ4v) is 4.74. The van der Waals surface area contributed by atoms with Crippen LogP contribution < -0.4 is 24.3 Å². The monoisotopic (exact) mass is 543 g/mol. The molecule has 40 heavy (non-hydrogen) atoms. The van der Waals surface area contributed by atoms with E-state index < -0.39 is 0 Å². The zero-order valence-electron chi connectivity index (χ0n) is 23.6. The smallest absolute Gasteiger partial charge is 0.252 e. The van der Waals surface area contributed by atoms with Crippen molar-refractivity contribution in [3.05, 3.63) is 90.3 Å². The second-order valence-corrected chi connectivity index (χ2v) is 9.38. The van der Waals surface area contributed by atoms with Gasteiger partial charge in [-0.1, -0.05) is 36.4 Å².